The maximum Gasteiger partial charge on any atom is 0.303 e. The molecule has 3 rings (SSSR count). The number of pyridine rings is 1. The van der Waals surface area contributed by atoms with E-state index >= 15 is 0 Å². The lowest BCUT2D eigenvalue weighted by atomic mass is 10.1. The molecular weight excluding hydrogens is 306 g/mol. The van der Waals surface area contributed by atoms with Gasteiger partial charge in [-0.05, 0) is 36.6 Å². The third kappa shape index (κ3) is 3.37. The predicted molar refractivity (Wildman–Crippen MR) is 91.4 cm³/mol. The number of benzene rings is 1. The summed E-state index contributed by atoms with van der Waals surface area (Å²) in [7, 11) is 0. The smallest absolute Gasteiger partial charge is 0.303 e. The maximum atomic E-state index is 12.9. The molecule has 0 atom stereocenters. The molecule has 0 bridgehead atoms. The third-order valence-corrected chi connectivity index (χ3v) is 4.03. The molecule has 0 fully saturated rings. The minimum absolute atomic E-state index is 0.0859. The van der Waals surface area contributed by atoms with E-state index in [9.17, 15) is 9.59 Å². The standard InChI is InChI=1S/C18H19N3O3/c22-16(23)8-4-11-20-17-14(6-3-10-19-17)18(24)21-12-9-13-5-1-2-7-15(13)21/h1-3,5-7,10H,4,8-9,11-12H2,(H,19,20)(H,22,23). The summed E-state index contributed by atoms with van der Waals surface area (Å²) in [4.78, 5) is 29.5. The SMILES string of the molecule is O=C(O)CCCNc1ncccc1C(=O)N1CCc2ccccc21. The zero-order chi connectivity index (χ0) is 16.9. The maximum absolute atomic E-state index is 12.9. The van der Waals surface area contributed by atoms with Gasteiger partial charge in [0.2, 0.25) is 0 Å². The van der Waals surface area contributed by atoms with Crippen molar-refractivity contribution in [1.29, 1.82) is 0 Å². The fourth-order valence-electron chi connectivity index (χ4n) is 2.86. The molecular formula is C18H19N3O3. The fourth-order valence-corrected chi connectivity index (χ4v) is 2.86. The number of nitrogens with one attached hydrogen (secondary N) is 1. The van der Waals surface area contributed by atoms with Crippen molar-refractivity contribution in [1.82, 2.24) is 4.98 Å². The van der Waals surface area contributed by atoms with E-state index in [2.05, 4.69) is 10.3 Å². The third-order valence-electron chi connectivity index (χ3n) is 4.03. The summed E-state index contributed by atoms with van der Waals surface area (Å²) in [6.07, 6.45) is 3.03. The number of hydrogen-bond donors (Lipinski definition) is 2. The van der Waals surface area contributed by atoms with Crippen molar-refractivity contribution < 1.29 is 14.7 Å². The highest BCUT2D eigenvalue weighted by atomic mass is 16.4. The Hall–Kier alpha value is -2.89. The molecule has 0 spiro atoms. The Morgan fingerprint density at radius 3 is 2.88 bits per heavy atom. The molecule has 0 aliphatic carbocycles. The number of carbonyl (C=O) groups excluding carboxylic acids is 1. The van der Waals surface area contributed by atoms with Gasteiger partial charge in [0.05, 0.1) is 5.56 Å². The molecule has 24 heavy (non-hydrogen) atoms. The monoisotopic (exact) mass is 325 g/mol. The van der Waals surface area contributed by atoms with Crippen LogP contribution in [0.5, 0.6) is 0 Å². The highest BCUT2D eigenvalue weighted by Crippen LogP contribution is 2.29. The number of aliphatic carboxylic acids is 1. The Morgan fingerprint density at radius 1 is 1.21 bits per heavy atom. The van der Waals surface area contributed by atoms with Gasteiger partial charge in [0.25, 0.3) is 5.91 Å². The first-order valence-electron chi connectivity index (χ1n) is 7.97. The molecule has 1 aliphatic rings. The Kier molecular flexibility index (Phi) is 4.74. The highest BCUT2D eigenvalue weighted by molar-refractivity contribution is 6.10. The average Bonchev–Trinajstić information content (AvgIpc) is 3.02. The normalized spacial score (nSPS) is 12.8. The number of hydrogen-bond acceptors (Lipinski definition) is 4. The van der Waals surface area contributed by atoms with Crippen molar-refractivity contribution >= 4 is 23.4 Å². The molecule has 124 valence electrons. The van der Waals surface area contributed by atoms with Crippen LogP contribution in [0, 0.1) is 0 Å². The van der Waals surface area contributed by atoms with Gasteiger partial charge in [-0.2, -0.15) is 0 Å². The van der Waals surface area contributed by atoms with Gasteiger partial charge in [0.15, 0.2) is 0 Å². The lowest BCUT2D eigenvalue weighted by molar-refractivity contribution is -0.137. The molecule has 1 amide bonds. The molecule has 2 heterocycles. The van der Waals surface area contributed by atoms with Crippen molar-refractivity contribution in [3.63, 3.8) is 0 Å². The topological polar surface area (TPSA) is 82.5 Å². The van der Waals surface area contributed by atoms with E-state index in [0.717, 1.165) is 12.1 Å². The number of aromatic nitrogens is 1. The molecule has 6 nitrogen and oxygen atoms in total. The Bertz CT molecular complexity index is 761. The van der Waals surface area contributed by atoms with Gasteiger partial charge in [-0.3, -0.25) is 9.59 Å². The largest absolute Gasteiger partial charge is 0.481 e. The van der Waals surface area contributed by atoms with Crippen LogP contribution in [0.2, 0.25) is 0 Å². The summed E-state index contributed by atoms with van der Waals surface area (Å²) in [5.41, 5.74) is 2.62. The molecule has 6 heteroatoms. The van der Waals surface area contributed by atoms with Crippen LogP contribution >= 0.6 is 0 Å². The van der Waals surface area contributed by atoms with Crippen molar-refractivity contribution in [3.05, 3.63) is 53.7 Å². The minimum atomic E-state index is -0.831. The van der Waals surface area contributed by atoms with Crippen LogP contribution in [0.25, 0.3) is 0 Å². The van der Waals surface area contributed by atoms with E-state index in [0.29, 0.717) is 30.9 Å². The number of para-hydroxylation sites is 1. The molecule has 1 aromatic heterocycles. The second-order valence-corrected chi connectivity index (χ2v) is 5.66. The first-order chi connectivity index (χ1) is 11.7. The van der Waals surface area contributed by atoms with Gasteiger partial charge < -0.3 is 15.3 Å². The van der Waals surface area contributed by atoms with Crippen LogP contribution in [0.1, 0.15) is 28.8 Å². The minimum Gasteiger partial charge on any atom is -0.481 e. The van der Waals surface area contributed by atoms with Crippen LogP contribution in [0.4, 0.5) is 11.5 Å². The Balaban J connectivity index is 1.75. The summed E-state index contributed by atoms with van der Waals surface area (Å²) in [6, 6.07) is 11.4. The van der Waals surface area contributed by atoms with E-state index in [1.165, 1.54) is 5.56 Å². The number of carboxylic acids is 1. The zero-order valence-corrected chi connectivity index (χ0v) is 13.2. The van der Waals surface area contributed by atoms with Crippen LogP contribution in [0.3, 0.4) is 0 Å². The van der Waals surface area contributed by atoms with Crippen molar-refractivity contribution in [3.8, 4) is 0 Å². The number of fused-ring (bicyclic) bond motifs is 1. The number of carbonyl (C=O) groups is 2. The molecule has 2 aromatic rings. The van der Waals surface area contributed by atoms with E-state index in [4.69, 9.17) is 5.11 Å². The van der Waals surface area contributed by atoms with Gasteiger partial charge in [-0.15, -0.1) is 0 Å². The molecule has 1 aliphatic heterocycles. The predicted octanol–water partition coefficient (Wildman–Crippen LogP) is 2.56. The van der Waals surface area contributed by atoms with Crippen LogP contribution < -0.4 is 10.2 Å². The first-order valence-corrected chi connectivity index (χ1v) is 7.97. The van der Waals surface area contributed by atoms with Gasteiger partial charge in [-0.25, -0.2) is 4.98 Å². The highest BCUT2D eigenvalue weighted by Gasteiger charge is 2.26. The van der Waals surface area contributed by atoms with E-state index in [1.807, 2.05) is 24.3 Å². The van der Waals surface area contributed by atoms with Gasteiger partial charge >= 0.3 is 5.97 Å². The summed E-state index contributed by atoms with van der Waals surface area (Å²) < 4.78 is 0. The molecule has 0 unspecified atom stereocenters. The zero-order valence-electron chi connectivity index (χ0n) is 13.2. The number of amides is 1. The van der Waals surface area contributed by atoms with E-state index in [-0.39, 0.29) is 12.3 Å². The summed E-state index contributed by atoms with van der Waals surface area (Å²) in [5.74, 6) is -0.422. The number of anilines is 2. The Morgan fingerprint density at radius 2 is 2.04 bits per heavy atom. The summed E-state index contributed by atoms with van der Waals surface area (Å²) >= 11 is 0. The molecule has 1 aromatic carbocycles. The fraction of sp³-hybridized carbons (Fsp3) is 0.278. The summed E-state index contributed by atoms with van der Waals surface area (Å²) in [6.45, 7) is 1.12. The second-order valence-electron chi connectivity index (χ2n) is 5.66. The van der Waals surface area contributed by atoms with E-state index < -0.39 is 5.97 Å². The van der Waals surface area contributed by atoms with Gasteiger partial charge in [0, 0.05) is 31.4 Å². The Labute approximate surface area is 140 Å². The second kappa shape index (κ2) is 7.12. The van der Waals surface area contributed by atoms with Crippen LogP contribution in [-0.2, 0) is 11.2 Å². The van der Waals surface area contributed by atoms with Crippen molar-refractivity contribution in [2.75, 3.05) is 23.3 Å². The lowest BCUT2D eigenvalue weighted by Crippen LogP contribution is -2.30. The quantitative estimate of drug-likeness (QED) is 0.798. The average molecular weight is 325 g/mol. The molecule has 0 saturated carbocycles. The lowest BCUT2D eigenvalue weighted by Gasteiger charge is -2.19. The first kappa shape index (κ1) is 16.0. The van der Waals surface area contributed by atoms with Crippen molar-refractivity contribution in [2.24, 2.45) is 0 Å². The molecule has 2 N–H and O–H groups in total. The number of nitrogens with zero attached hydrogens (tertiary/aromatic N) is 2. The number of carboxylic acid groups (broad SMARTS) is 1. The van der Waals surface area contributed by atoms with E-state index in [1.54, 1.807) is 23.2 Å². The van der Waals surface area contributed by atoms with Crippen LogP contribution in [-0.4, -0.2) is 35.1 Å². The number of rotatable bonds is 6. The molecule has 0 saturated heterocycles. The summed E-state index contributed by atoms with van der Waals surface area (Å²) in [5, 5.41) is 11.8. The van der Waals surface area contributed by atoms with Crippen LogP contribution in [0.15, 0.2) is 42.6 Å². The molecule has 0 radical (unpaired) electrons. The van der Waals surface area contributed by atoms with Gasteiger partial charge in [-0.1, -0.05) is 18.2 Å². The van der Waals surface area contributed by atoms with Crippen molar-refractivity contribution in [2.45, 2.75) is 19.3 Å². The van der Waals surface area contributed by atoms with Gasteiger partial charge in [0.1, 0.15) is 5.82 Å².